The van der Waals surface area contributed by atoms with Crippen LogP contribution in [0.2, 0.25) is 0 Å². The van der Waals surface area contributed by atoms with Crippen molar-refractivity contribution in [3.63, 3.8) is 0 Å². The Morgan fingerprint density at radius 2 is 2.00 bits per heavy atom. The molecule has 27 heavy (non-hydrogen) atoms. The number of fused-ring (bicyclic) bond motifs is 1. The number of rotatable bonds is 7. The second kappa shape index (κ2) is 8.34. The van der Waals surface area contributed by atoms with Crippen LogP contribution in [0.15, 0.2) is 46.6 Å². The van der Waals surface area contributed by atoms with E-state index in [9.17, 15) is 14.0 Å². The van der Waals surface area contributed by atoms with E-state index in [1.165, 1.54) is 28.5 Å². The summed E-state index contributed by atoms with van der Waals surface area (Å²) in [5.74, 6) is -0.210. The van der Waals surface area contributed by atoms with Gasteiger partial charge in [0.05, 0.1) is 12.3 Å². The molecule has 0 saturated carbocycles. The lowest BCUT2D eigenvalue weighted by Gasteiger charge is -2.10. The third kappa shape index (κ3) is 4.54. The number of nitrogens with zero attached hydrogens (tertiary/aromatic N) is 4. The normalized spacial score (nSPS) is 12.3. The van der Waals surface area contributed by atoms with Gasteiger partial charge in [-0.05, 0) is 31.0 Å². The first-order valence-corrected chi connectivity index (χ1v) is 9.57. The molecule has 7 nitrogen and oxygen atoms in total. The summed E-state index contributed by atoms with van der Waals surface area (Å²) in [5.41, 5.74) is 0.688. The first kappa shape index (κ1) is 19.1. The van der Waals surface area contributed by atoms with Gasteiger partial charge >= 0.3 is 0 Å². The van der Waals surface area contributed by atoms with E-state index in [-0.39, 0.29) is 34.7 Å². The molecule has 0 aliphatic carbocycles. The maximum atomic E-state index is 13.0. The van der Waals surface area contributed by atoms with Gasteiger partial charge in [0, 0.05) is 18.4 Å². The first-order chi connectivity index (χ1) is 13.0. The molecule has 1 amide bonds. The van der Waals surface area contributed by atoms with Crippen LogP contribution < -0.4 is 10.9 Å². The van der Waals surface area contributed by atoms with E-state index in [0.717, 1.165) is 12.0 Å². The molecule has 1 aromatic carbocycles. The van der Waals surface area contributed by atoms with Crippen LogP contribution >= 0.6 is 11.8 Å². The molecule has 0 bridgehead atoms. The molecule has 0 aliphatic heterocycles. The average Bonchev–Trinajstić information content (AvgIpc) is 3.07. The van der Waals surface area contributed by atoms with E-state index in [4.69, 9.17) is 0 Å². The number of amides is 1. The topological polar surface area (TPSA) is 81.3 Å². The maximum absolute atomic E-state index is 13.0. The van der Waals surface area contributed by atoms with Crippen LogP contribution in [0.4, 0.5) is 4.39 Å². The van der Waals surface area contributed by atoms with Gasteiger partial charge < -0.3 is 9.88 Å². The molecular weight excluding hydrogens is 369 g/mol. The number of thioether (sulfide) groups is 1. The van der Waals surface area contributed by atoms with Gasteiger partial charge in [-0.3, -0.25) is 14.0 Å². The molecule has 1 N–H and O–H groups in total. The Labute approximate surface area is 159 Å². The summed E-state index contributed by atoms with van der Waals surface area (Å²) in [7, 11) is 0. The zero-order chi connectivity index (χ0) is 19.4. The van der Waals surface area contributed by atoms with Crippen molar-refractivity contribution in [2.45, 2.75) is 38.0 Å². The summed E-state index contributed by atoms with van der Waals surface area (Å²) in [6, 6.07) is 6.09. The third-order valence-corrected chi connectivity index (χ3v) is 5.07. The molecule has 0 radical (unpaired) electrons. The molecule has 0 spiro atoms. The minimum absolute atomic E-state index is 0.0873. The van der Waals surface area contributed by atoms with Crippen molar-refractivity contribution >= 4 is 23.3 Å². The fraction of sp³-hybridized carbons (Fsp3) is 0.333. The lowest BCUT2D eigenvalue weighted by Crippen LogP contribution is -2.33. The molecule has 1 unspecified atom stereocenters. The van der Waals surface area contributed by atoms with Crippen LogP contribution in [0.25, 0.3) is 5.65 Å². The van der Waals surface area contributed by atoms with E-state index in [1.807, 2.05) is 13.8 Å². The lowest BCUT2D eigenvalue weighted by atomic mass is 10.2. The van der Waals surface area contributed by atoms with Crippen molar-refractivity contribution in [1.82, 2.24) is 24.5 Å². The lowest BCUT2D eigenvalue weighted by molar-refractivity contribution is -0.119. The van der Waals surface area contributed by atoms with Crippen molar-refractivity contribution in [2.75, 3.05) is 5.75 Å². The molecule has 3 rings (SSSR count). The monoisotopic (exact) mass is 389 g/mol. The number of halogens is 1. The maximum Gasteiger partial charge on any atom is 0.296 e. The van der Waals surface area contributed by atoms with Gasteiger partial charge in [0.1, 0.15) is 5.82 Å². The van der Waals surface area contributed by atoms with Crippen LogP contribution in [0.3, 0.4) is 0 Å². The van der Waals surface area contributed by atoms with Crippen LogP contribution in [0.1, 0.15) is 25.8 Å². The summed E-state index contributed by atoms with van der Waals surface area (Å²) >= 11 is 1.22. The zero-order valence-corrected chi connectivity index (χ0v) is 15.9. The van der Waals surface area contributed by atoms with Crippen LogP contribution in [0.5, 0.6) is 0 Å². The number of nitrogens with one attached hydrogen (secondary N) is 1. The number of hydrogen-bond acceptors (Lipinski definition) is 5. The summed E-state index contributed by atoms with van der Waals surface area (Å²) in [4.78, 5) is 24.5. The molecule has 0 aliphatic rings. The highest BCUT2D eigenvalue weighted by Gasteiger charge is 2.13. The van der Waals surface area contributed by atoms with Gasteiger partial charge in [0.2, 0.25) is 11.6 Å². The second-order valence-electron chi connectivity index (χ2n) is 6.20. The Morgan fingerprint density at radius 1 is 1.26 bits per heavy atom. The number of benzene rings is 1. The van der Waals surface area contributed by atoms with Gasteiger partial charge in [-0.25, -0.2) is 4.39 Å². The first-order valence-electron chi connectivity index (χ1n) is 8.58. The summed E-state index contributed by atoms with van der Waals surface area (Å²) in [5, 5.41) is 11.3. The largest absolute Gasteiger partial charge is 0.353 e. The molecule has 0 saturated heterocycles. The highest BCUT2D eigenvalue weighted by molar-refractivity contribution is 7.99. The average molecular weight is 389 g/mol. The second-order valence-corrected chi connectivity index (χ2v) is 7.14. The van der Waals surface area contributed by atoms with Gasteiger partial charge in [-0.15, -0.1) is 10.2 Å². The van der Waals surface area contributed by atoms with Crippen LogP contribution in [-0.4, -0.2) is 36.9 Å². The Bertz CT molecular complexity index is 999. The predicted molar refractivity (Wildman–Crippen MR) is 101 cm³/mol. The van der Waals surface area contributed by atoms with Crippen molar-refractivity contribution < 1.29 is 9.18 Å². The SMILES string of the molecule is CCC(C)NC(=O)CSc1nnc2c(=O)n(Cc3ccc(F)cc3)ccn12. The van der Waals surface area contributed by atoms with Crippen molar-refractivity contribution in [2.24, 2.45) is 0 Å². The molecule has 1 atom stereocenters. The van der Waals surface area contributed by atoms with E-state index >= 15 is 0 Å². The van der Waals surface area contributed by atoms with Crippen molar-refractivity contribution in [1.29, 1.82) is 0 Å². The van der Waals surface area contributed by atoms with Crippen LogP contribution in [-0.2, 0) is 11.3 Å². The molecule has 0 fully saturated rings. The number of carbonyl (C=O) groups is 1. The predicted octanol–water partition coefficient (Wildman–Crippen LogP) is 2.09. The highest BCUT2D eigenvalue weighted by Crippen LogP contribution is 2.15. The minimum Gasteiger partial charge on any atom is -0.353 e. The molecular formula is C18H20FN5O2S. The van der Waals surface area contributed by atoms with E-state index in [1.54, 1.807) is 28.9 Å². The highest BCUT2D eigenvalue weighted by atomic mass is 32.2. The minimum atomic E-state index is -0.321. The standard InChI is InChI=1S/C18H20FN5O2S/c1-3-12(2)20-15(25)11-27-18-22-21-16-17(26)23(8-9-24(16)18)10-13-4-6-14(19)7-5-13/h4-9,12H,3,10-11H2,1-2H3,(H,20,25). The van der Waals surface area contributed by atoms with Gasteiger partial charge in [-0.2, -0.15) is 0 Å². The van der Waals surface area contributed by atoms with Gasteiger partial charge in [0.25, 0.3) is 5.56 Å². The Morgan fingerprint density at radius 3 is 2.70 bits per heavy atom. The Kier molecular flexibility index (Phi) is 5.90. The number of hydrogen-bond donors (Lipinski definition) is 1. The quantitative estimate of drug-likeness (QED) is 0.626. The fourth-order valence-electron chi connectivity index (χ4n) is 2.46. The van der Waals surface area contributed by atoms with Crippen LogP contribution in [0, 0.1) is 5.82 Å². The summed E-state index contributed by atoms with van der Waals surface area (Å²) < 4.78 is 16.1. The molecule has 2 heterocycles. The molecule has 142 valence electrons. The summed E-state index contributed by atoms with van der Waals surface area (Å²) in [6.45, 7) is 4.25. The van der Waals surface area contributed by atoms with Crippen molar-refractivity contribution in [3.05, 3.63) is 58.4 Å². The smallest absolute Gasteiger partial charge is 0.296 e. The Balaban J connectivity index is 1.75. The molecule has 2 aromatic heterocycles. The van der Waals surface area contributed by atoms with Gasteiger partial charge in [-0.1, -0.05) is 30.8 Å². The van der Waals surface area contributed by atoms with E-state index in [0.29, 0.717) is 11.7 Å². The Hall–Kier alpha value is -2.68. The number of carbonyl (C=O) groups excluding carboxylic acids is 1. The van der Waals surface area contributed by atoms with Gasteiger partial charge in [0.15, 0.2) is 5.16 Å². The van der Waals surface area contributed by atoms with E-state index in [2.05, 4.69) is 15.5 Å². The van der Waals surface area contributed by atoms with E-state index < -0.39 is 0 Å². The number of aromatic nitrogens is 4. The third-order valence-electron chi connectivity index (χ3n) is 4.13. The fourth-order valence-corrected chi connectivity index (χ4v) is 3.19. The summed E-state index contributed by atoms with van der Waals surface area (Å²) in [6.07, 6.45) is 4.18. The zero-order valence-electron chi connectivity index (χ0n) is 15.1. The molecule has 9 heteroatoms. The molecule has 3 aromatic rings. The van der Waals surface area contributed by atoms with Crippen molar-refractivity contribution in [3.8, 4) is 0 Å².